The zero-order valence-electron chi connectivity index (χ0n) is 21.4. The van der Waals surface area contributed by atoms with Crippen LogP contribution in [0.3, 0.4) is 0 Å². The number of hydrogen-bond acceptors (Lipinski definition) is 3. The third-order valence-corrected chi connectivity index (χ3v) is 6.08. The van der Waals surface area contributed by atoms with Crippen LogP contribution < -0.4 is 0 Å². The Bertz CT molecular complexity index is 1410. The number of nitrogens with zero attached hydrogens (tertiary/aromatic N) is 1. The largest absolute Gasteiger partial charge is 0.462 e. The van der Waals surface area contributed by atoms with E-state index in [0.717, 1.165) is 35.3 Å². The summed E-state index contributed by atoms with van der Waals surface area (Å²) in [7, 11) is 0. The Balaban J connectivity index is 1.87. The molecular formula is C33H31NO3. The number of aromatic nitrogens is 1. The number of benzene rings is 3. The number of rotatable bonds is 9. The molecule has 0 unspecified atom stereocenters. The fraction of sp³-hybridized carbons (Fsp3) is 0.212. The highest BCUT2D eigenvalue weighted by Gasteiger charge is 2.28. The highest BCUT2D eigenvalue weighted by Crippen LogP contribution is 2.32. The van der Waals surface area contributed by atoms with Gasteiger partial charge in [-0.1, -0.05) is 92.3 Å². The fourth-order valence-electron chi connectivity index (χ4n) is 4.24. The van der Waals surface area contributed by atoms with Gasteiger partial charge in [0, 0.05) is 23.2 Å². The second-order valence-electron chi connectivity index (χ2n) is 8.71. The highest BCUT2D eigenvalue weighted by molar-refractivity contribution is 6.15. The van der Waals surface area contributed by atoms with Gasteiger partial charge in [0.1, 0.15) is 5.69 Å². The van der Waals surface area contributed by atoms with E-state index in [4.69, 9.17) is 4.74 Å². The standard InChI is InChI=1S/C33H31NO3/c1-3-5-6-7-10-15-25-20-22-28(23-21-25)34-30(26-16-11-8-12-17-26)24-29(33(36)37-4-2)31(34)32(35)27-18-13-9-14-19-27/h8-9,11-14,16-24H,3-7H2,1-2H3. The molecule has 0 aliphatic rings. The van der Waals surface area contributed by atoms with Crippen LogP contribution in [0.5, 0.6) is 0 Å². The van der Waals surface area contributed by atoms with Crippen molar-refractivity contribution in [1.82, 2.24) is 4.57 Å². The van der Waals surface area contributed by atoms with Crippen LogP contribution in [-0.2, 0) is 4.74 Å². The number of ether oxygens (including phenoxy) is 1. The molecule has 0 radical (unpaired) electrons. The maximum Gasteiger partial charge on any atom is 0.340 e. The molecule has 37 heavy (non-hydrogen) atoms. The molecule has 186 valence electrons. The van der Waals surface area contributed by atoms with Crippen LogP contribution in [0.15, 0.2) is 91.0 Å². The molecule has 4 heteroatoms. The summed E-state index contributed by atoms with van der Waals surface area (Å²) in [6.07, 6.45) is 4.34. The Morgan fingerprint density at radius 2 is 1.51 bits per heavy atom. The zero-order chi connectivity index (χ0) is 26.0. The zero-order valence-corrected chi connectivity index (χ0v) is 21.4. The second-order valence-corrected chi connectivity index (χ2v) is 8.71. The lowest BCUT2D eigenvalue weighted by Gasteiger charge is -2.14. The summed E-state index contributed by atoms with van der Waals surface area (Å²) < 4.78 is 7.22. The van der Waals surface area contributed by atoms with Gasteiger partial charge in [0.15, 0.2) is 0 Å². The summed E-state index contributed by atoms with van der Waals surface area (Å²) >= 11 is 0. The van der Waals surface area contributed by atoms with Crippen LogP contribution >= 0.6 is 0 Å². The number of esters is 1. The van der Waals surface area contributed by atoms with E-state index in [1.54, 1.807) is 25.1 Å². The molecule has 4 aromatic rings. The van der Waals surface area contributed by atoms with Gasteiger partial charge in [-0.3, -0.25) is 4.79 Å². The maximum absolute atomic E-state index is 13.9. The van der Waals surface area contributed by atoms with Gasteiger partial charge in [0.05, 0.1) is 17.9 Å². The van der Waals surface area contributed by atoms with E-state index >= 15 is 0 Å². The smallest absolute Gasteiger partial charge is 0.340 e. The minimum Gasteiger partial charge on any atom is -0.462 e. The molecule has 3 aromatic carbocycles. The van der Waals surface area contributed by atoms with E-state index in [2.05, 4.69) is 18.8 Å². The maximum atomic E-state index is 13.9. The number of unbranched alkanes of at least 4 members (excludes halogenated alkanes) is 3. The lowest BCUT2D eigenvalue weighted by molar-refractivity contribution is 0.0523. The van der Waals surface area contributed by atoms with Crippen LogP contribution in [0.1, 0.15) is 71.5 Å². The highest BCUT2D eigenvalue weighted by atomic mass is 16.5. The lowest BCUT2D eigenvalue weighted by atomic mass is 10.0. The van der Waals surface area contributed by atoms with Gasteiger partial charge >= 0.3 is 5.97 Å². The number of carbonyl (C=O) groups is 2. The molecule has 0 saturated heterocycles. The van der Waals surface area contributed by atoms with Crippen molar-refractivity contribution in [1.29, 1.82) is 0 Å². The number of ketones is 1. The molecule has 1 heterocycles. The van der Waals surface area contributed by atoms with E-state index in [9.17, 15) is 9.59 Å². The molecule has 0 spiro atoms. The number of carbonyl (C=O) groups excluding carboxylic acids is 2. The van der Waals surface area contributed by atoms with Crippen LogP contribution in [0.2, 0.25) is 0 Å². The van der Waals surface area contributed by atoms with Crippen LogP contribution in [-0.4, -0.2) is 22.9 Å². The van der Waals surface area contributed by atoms with Gasteiger partial charge in [-0.05, 0) is 49.2 Å². The van der Waals surface area contributed by atoms with Crippen molar-refractivity contribution in [3.8, 4) is 28.8 Å². The number of hydrogen-bond donors (Lipinski definition) is 0. The van der Waals surface area contributed by atoms with Crippen LogP contribution in [0.25, 0.3) is 16.9 Å². The molecule has 0 N–H and O–H groups in total. The van der Waals surface area contributed by atoms with E-state index in [0.29, 0.717) is 5.56 Å². The molecule has 0 aliphatic heterocycles. The van der Waals surface area contributed by atoms with E-state index in [1.165, 1.54) is 12.8 Å². The van der Waals surface area contributed by atoms with E-state index in [1.807, 2.05) is 77.4 Å². The van der Waals surface area contributed by atoms with Crippen LogP contribution in [0, 0.1) is 11.8 Å². The molecule has 0 amide bonds. The van der Waals surface area contributed by atoms with E-state index < -0.39 is 5.97 Å². The average molecular weight is 490 g/mol. The lowest BCUT2D eigenvalue weighted by Crippen LogP contribution is -2.15. The average Bonchev–Trinajstić information content (AvgIpc) is 3.35. The first-order chi connectivity index (χ1) is 18.1. The van der Waals surface area contributed by atoms with Crippen molar-refractivity contribution >= 4 is 11.8 Å². The summed E-state index contributed by atoms with van der Waals surface area (Å²) in [5, 5.41) is 0. The van der Waals surface area contributed by atoms with Crippen molar-refractivity contribution in [2.75, 3.05) is 6.61 Å². The van der Waals surface area contributed by atoms with Crippen molar-refractivity contribution < 1.29 is 14.3 Å². The molecule has 0 aliphatic carbocycles. The Kier molecular flexibility index (Phi) is 8.73. The van der Waals surface area contributed by atoms with Gasteiger partial charge in [0.25, 0.3) is 0 Å². The molecule has 1 aromatic heterocycles. The molecular weight excluding hydrogens is 458 g/mol. The first kappa shape index (κ1) is 25.7. The third-order valence-electron chi connectivity index (χ3n) is 6.08. The monoisotopic (exact) mass is 489 g/mol. The predicted molar refractivity (Wildman–Crippen MR) is 148 cm³/mol. The van der Waals surface area contributed by atoms with Crippen LogP contribution in [0.4, 0.5) is 0 Å². The Morgan fingerprint density at radius 1 is 0.838 bits per heavy atom. The topological polar surface area (TPSA) is 48.3 Å². The fourth-order valence-corrected chi connectivity index (χ4v) is 4.24. The first-order valence-corrected chi connectivity index (χ1v) is 12.8. The summed E-state index contributed by atoms with van der Waals surface area (Å²) in [5.74, 6) is 5.71. The molecule has 0 fully saturated rings. The second kappa shape index (κ2) is 12.6. The summed E-state index contributed by atoms with van der Waals surface area (Å²) in [5.41, 5.74) is 4.33. The van der Waals surface area contributed by atoms with Crippen molar-refractivity contribution in [3.05, 3.63) is 113 Å². The van der Waals surface area contributed by atoms with Gasteiger partial charge < -0.3 is 9.30 Å². The molecule has 0 saturated carbocycles. The SMILES string of the molecule is CCCCCC#Cc1ccc(-n2c(-c3ccccc3)cc(C(=O)OCC)c2C(=O)c2ccccc2)cc1. The molecule has 0 bridgehead atoms. The Morgan fingerprint density at radius 3 is 2.16 bits per heavy atom. The molecule has 4 nitrogen and oxygen atoms in total. The molecule has 4 rings (SSSR count). The third kappa shape index (κ3) is 6.08. The van der Waals surface area contributed by atoms with Gasteiger partial charge in [-0.25, -0.2) is 4.79 Å². The minimum atomic E-state index is -0.521. The summed E-state index contributed by atoms with van der Waals surface area (Å²) in [6, 6.07) is 28.3. The summed E-state index contributed by atoms with van der Waals surface area (Å²) in [4.78, 5) is 26.9. The normalized spacial score (nSPS) is 10.4. The van der Waals surface area contributed by atoms with Crippen molar-refractivity contribution in [3.63, 3.8) is 0 Å². The molecule has 0 atom stereocenters. The van der Waals surface area contributed by atoms with Crippen molar-refractivity contribution in [2.24, 2.45) is 0 Å². The Hall–Kier alpha value is -4.36. The minimum absolute atomic E-state index is 0.218. The summed E-state index contributed by atoms with van der Waals surface area (Å²) in [6.45, 7) is 4.16. The Labute approximate surface area is 218 Å². The first-order valence-electron chi connectivity index (χ1n) is 12.8. The van der Waals surface area contributed by atoms with Gasteiger partial charge in [-0.15, -0.1) is 0 Å². The van der Waals surface area contributed by atoms with Gasteiger partial charge in [0.2, 0.25) is 5.78 Å². The van der Waals surface area contributed by atoms with Gasteiger partial charge in [-0.2, -0.15) is 0 Å². The van der Waals surface area contributed by atoms with E-state index in [-0.39, 0.29) is 23.6 Å². The predicted octanol–water partition coefficient (Wildman–Crippen LogP) is 7.48. The van der Waals surface area contributed by atoms with Crippen molar-refractivity contribution in [2.45, 2.75) is 39.5 Å². The quantitative estimate of drug-likeness (QED) is 0.106.